The van der Waals surface area contributed by atoms with Crippen molar-refractivity contribution < 1.29 is 9.13 Å². The minimum Gasteiger partial charge on any atom is -0.464 e. The van der Waals surface area contributed by atoms with E-state index in [1.807, 2.05) is 13.8 Å². The summed E-state index contributed by atoms with van der Waals surface area (Å²) in [4.78, 5) is 11.2. The third-order valence-electron chi connectivity index (χ3n) is 3.61. The molecule has 0 bridgehead atoms. The molecule has 0 N–H and O–H groups in total. The van der Waals surface area contributed by atoms with Crippen LogP contribution in [-0.4, -0.2) is 16.6 Å². The van der Waals surface area contributed by atoms with Crippen molar-refractivity contribution in [3.63, 3.8) is 0 Å². The van der Waals surface area contributed by atoms with E-state index in [9.17, 15) is 4.39 Å². The molecular formula is C18H15FN2OS. The first kappa shape index (κ1) is 15.4. The van der Waals surface area contributed by atoms with Crippen molar-refractivity contribution in [1.82, 2.24) is 9.97 Å². The number of fused-ring (bicyclic) bond motifs is 1. The molecule has 2 aromatic heterocycles. The molecule has 3 rings (SSSR count). The predicted octanol–water partition coefficient (Wildman–Crippen LogP) is 4.05. The number of benzene rings is 1. The van der Waals surface area contributed by atoms with Crippen molar-refractivity contribution in [3.05, 3.63) is 51.9 Å². The molecule has 2 heterocycles. The van der Waals surface area contributed by atoms with Gasteiger partial charge in [0, 0.05) is 11.3 Å². The van der Waals surface area contributed by atoms with Crippen molar-refractivity contribution in [1.29, 1.82) is 0 Å². The highest BCUT2D eigenvalue weighted by atomic mass is 32.1. The molecule has 116 valence electrons. The smallest absolute Gasteiger partial charge is 0.226 e. The summed E-state index contributed by atoms with van der Waals surface area (Å²) >= 11 is 1.61. The van der Waals surface area contributed by atoms with Crippen LogP contribution in [0.25, 0.3) is 10.2 Å². The molecule has 0 fully saturated rings. The van der Waals surface area contributed by atoms with Gasteiger partial charge < -0.3 is 4.74 Å². The average Bonchev–Trinajstić information content (AvgIpc) is 2.82. The molecule has 23 heavy (non-hydrogen) atoms. The van der Waals surface area contributed by atoms with Gasteiger partial charge in [-0.2, -0.15) is 4.98 Å². The van der Waals surface area contributed by atoms with Gasteiger partial charge in [0.05, 0.1) is 5.39 Å². The fraction of sp³-hybridized carbons (Fsp3) is 0.222. The summed E-state index contributed by atoms with van der Waals surface area (Å²) in [7, 11) is 0. The SMILES string of the molecule is C#CCOc1nc(Cc2ccc(F)cc2)nc2sc(C)c(C)c12. The zero-order valence-corrected chi connectivity index (χ0v) is 13.7. The van der Waals surface area contributed by atoms with E-state index >= 15 is 0 Å². The molecule has 0 atom stereocenters. The van der Waals surface area contributed by atoms with Crippen LogP contribution in [0.4, 0.5) is 4.39 Å². The van der Waals surface area contributed by atoms with E-state index in [0.717, 1.165) is 21.3 Å². The number of nitrogens with zero attached hydrogens (tertiary/aromatic N) is 2. The van der Waals surface area contributed by atoms with Crippen LogP contribution in [0, 0.1) is 32.0 Å². The Bertz CT molecular complexity index is 894. The predicted molar refractivity (Wildman–Crippen MR) is 90.4 cm³/mol. The van der Waals surface area contributed by atoms with Crippen LogP contribution in [0.2, 0.25) is 0 Å². The normalized spacial score (nSPS) is 10.7. The Labute approximate surface area is 138 Å². The van der Waals surface area contributed by atoms with E-state index in [0.29, 0.717) is 18.1 Å². The number of ether oxygens (including phenoxy) is 1. The number of hydrogen-bond acceptors (Lipinski definition) is 4. The van der Waals surface area contributed by atoms with E-state index < -0.39 is 0 Å². The molecule has 3 aromatic rings. The van der Waals surface area contributed by atoms with Crippen LogP contribution in [0.15, 0.2) is 24.3 Å². The number of thiophene rings is 1. The van der Waals surface area contributed by atoms with Crippen LogP contribution in [0.1, 0.15) is 21.8 Å². The second-order valence-electron chi connectivity index (χ2n) is 5.20. The first-order valence-corrected chi connectivity index (χ1v) is 7.97. The first-order valence-electron chi connectivity index (χ1n) is 7.16. The largest absolute Gasteiger partial charge is 0.464 e. The Hall–Kier alpha value is -2.45. The lowest BCUT2D eigenvalue weighted by molar-refractivity contribution is 0.358. The Morgan fingerprint density at radius 3 is 2.65 bits per heavy atom. The maximum Gasteiger partial charge on any atom is 0.226 e. The molecule has 0 aliphatic heterocycles. The number of aryl methyl sites for hydroxylation is 2. The summed E-state index contributed by atoms with van der Waals surface area (Å²) < 4.78 is 18.6. The molecular weight excluding hydrogens is 311 g/mol. The summed E-state index contributed by atoms with van der Waals surface area (Å²) in [6.07, 6.45) is 5.80. The number of terminal acetylenes is 1. The van der Waals surface area contributed by atoms with E-state index in [4.69, 9.17) is 11.2 Å². The van der Waals surface area contributed by atoms with Gasteiger partial charge in [-0.05, 0) is 37.1 Å². The number of hydrogen-bond donors (Lipinski definition) is 0. The van der Waals surface area contributed by atoms with Gasteiger partial charge in [0.25, 0.3) is 0 Å². The maximum absolute atomic E-state index is 13.0. The lowest BCUT2D eigenvalue weighted by atomic mass is 10.1. The quantitative estimate of drug-likeness (QED) is 0.679. The molecule has 0 saturated carbocycles. The van der Waals surface area contributed by atoms with Crippen molar-refractivity contribution in [3.8, 4) is 18.2 Å². The molecule has 0 saturated heterocycles. The Kier molecular flexibility index (Phi) is 4.26. The molecule has 0 unspecified atom stereocenters. The van der Waals surface area contributed by atoms with Gasteiger partial charge in [0.1, 0.15) is 16.5 Å². The zero-order valence-electron chi connectivity index (χ0n) is 12.9. The van der Waals surface area contributed by atoms with Gasteiger partial charge in [-0.3, -0.25) is 0 Å². The van der Waals surface area contributed by atoms with Gasteiger partial charge in [-0.25, -0.2) is 9.37 Å². The molecule has 0 amide bonds. The van der Waals surface area contributed by atoms with E-state index in [1.54, 1.807) is 23.5 Å². The third kappa shape index (κ3) is 3.17. The Morgan fingerprint density at radius 2 is 1.96 bits per heavy atom. The summed E-state index contributed by atoms with van der Waals surface area (Å²) in [5, 5.41) is 0.922. The average molecular weight is 326 g/mol. The lowest BCUT2D eigenvalue weighted by Crippen LogP contribution is -2.03. The molecule has 0 aliphatic rings. The van der Waals surface area contributed by atoms with E-state index in [-0.39, 0.29) is 12.4 Å². The van der Waals surface area contributed by atoms with Gasteiger partial charge in [0.2, 0.25) is 5.88 Å². The minimum atomic E-state index is -0.257. The van der Waals surface area contributed by atoms with Gasteiger partial charge in [0.15, 0.2) is 6.61 Å². The molecule has 5 heteroatoms. The van der Waals surface area contributed by atoms with Gasteiger partial charge in [-0.1, -0.05) is 18.1 Å². The topological polar surface area (TPSA) is 35.0 Å². The van der Waals surface area contributed by atoms with Crippen LogP contribution in [0.3, 0.4) is 0 Å². The summed E-state index contributed by atoms with van der Waals surface area (Å²) in [5.41, 5.74) is 2.06. The second kappa shape index (κ2) is 6.35. The van der Waals surface area contributed by atoms with Crippen molar-refractivity contribution >= 4 is 21.6 Å². The van der Waals surface area contributed by atoms with Gasteiger partial charge >= 0.3 is 0 Å². The number of halogens is 1. The monoisotopic (exact) mass is 326 g/mol. The number of rotatable bonds is 4. The Balaban J connectivity index is 2.04. The highest BCUT2D eigenvalue weighted by molar-refractivity contribution is 7.18. The van der Waals surface area contributed by atoms with Crippen molar-refractivity contribution in [2.24, 2.45) is 0 Å². The van der Waals surface area contributed by atoms with Crippen molar-refractivity contribution in [2.75, 3.05) is 6.61 Å². The van der Waals surface area contributed by atoms with E-state index in [2.05, 4.69) is 15.9 Å². The summed E-state index contributed by atoms with van der Waals surface area (Å²) in [6, 6.07) is 6.33. The highest BCUT2D eigenvalue weighted by Crippen LogP contribution is 2.34. The fourth-order valence-electron chi connectivity index (χ4n) is 2.33. The third-order valence-corrected chi connectivity index (χ3v) is 4.71. The summed E-state index contributed by atoms with van der Waals surface area (Å²) in [6.45, 7) is 4.24. The van der Waals surface area contributed by atoms with Crippen LogP contribution in [-0.2, 0) is 6.42 Å². The second-order valence-corrected chi connectivity index (χ2v) is 6.41. The molecule has 0 radical (unpaired) electrons. The van der Waals surface area contributed by atoms with Crippen LogP contribution < -0.4 is 4.74 Å². The minimum absolute atomic E-state index is 0.163. The fourth-order valence-corrected chi connectivity index (χ4v) is 3.37. The molecule has 0 aliphatic carbocycles. The van der Waals surface area contributed by atoms with Crippen LogP contribution in [0.5, 0.6) is 5.88 Å². The molecule has 3 nitrogen and oxygen atoms in total. The lowest BCUT2D eigenvalue weighted by Gasteiger charge is -2.07. The van der Waals surface area contributed by atoms with Crippen LogP contribution >= 0.6 is 11.3 Å². The first-order chi connectivity index (χ1) is 11.1. The zero-order chi connectivity index (χ0) is 16.4. The highest BCUT2D eigenvalue weighted by Gasteiger charge is 2.15. The van der Waals surface area contributed by atoms with Crippen molar-refractivity contribution in [2.45, 2.75) is 20.3 Å². The standard InChI is InChI=1S/C18H15FN2OS/c1-4-9-22-17-16-11(2)12(3)23-18(16)21-15(20-17)10-13-5-7-14(19)8-6-13/h1,5-8H,9-10H2,2-3H3. The summed E-state index contributed by atoms with van der Waals surface area (Å²) in [5.74, 6) is 3.36. The Morgan fingerprint density at radius 1 is 1.22 bits per heavy atom. The molecule has 1 aromatic carbocycles. The van der Waals surface area contributed by atoms with E-state index in [1.165, 1.54) is 17.0 Å². The maximum atomic E-state index is 13.0. The van der Waals surface area contributed by atoms with Gasteiger partial charge in [-0.15, -0.1) is 17.8 Å². The number of aromatic nitrogens is 2. The molecule has 0 spiro atoms.